The number of carbonyl (C=O) groups is 10. The molecule has 20 N–H and O–H groups in total. The maximum absolute atomic E-state index is 14.7. The van der Waals surface area contributed by atoms with Crippen molar-refractivity contribution in [2.24, 2.45) is 46.4 Å². The first-order valence-corrected chi connectivity index (χ1v) is 30.7. The molecule has 1 saturated carbocycles. The molecule has 3 aromatic carbocycles. The number of benzene rings is 3. The molecule has 484 valence electrons. The van der Waals surface area contributed by atoms with Crippen LogP contribution < -0.4 is 76.5 Å². The summed E-state index contributed by atoms with van der Waals surface area (Å²) in [6.45, 7) is 6.29. The zero-order chi connectivity index (χ0) is 64.7. The van der Waals surface area contributed by atoms with Crippen LogP contribution in [0.1, 0.15) is 115 Å². The van der Waals surface area contributed by atoms with Gasteiger partial charge < -0.3 is 81.6 Å². The summed E-state index contributed by atoms with van der Waals surface area (Å²) in [4.78, 5) is 139. The molecule has 0 saturated heterocycles. The normalized spacial score (nSPS) is 15.9. The van der Waals surface area contributed by atoms with Gasteiger partial charge >= 0.3 is 0 Å². The third kappa shape index (κ3) is 25.5. The molecule has 25 heteroatoms. The fraction of sp³-hybridized carbons (Fsp3) is 0.556. The van der Waals surface area contributed by atoms with Gasteiger partial charge in [0.25, 0.3) is 0 Å². The van der Waals surface area contributed by atoms with E-state index in [0.717, 1.165) is 32.1 Å². The minimum Gasteiger partial charge on any atom is -0.394 e. The zero-order valence-corrected chi connectivity index (χ0v) is 51.3. The summed E-state index contributed by atoms with van der Waals surface area (Å²) in [6, 6.07) is 13.6. The number of nitrogens with two attached hydrogens (primary N) is 5. The summed E-state index contributed by atoms with van der Waals surface area (Å²) in [5.74, 6) is -7.84. The topological polar surface area (TPSA) is 429 Å². The summed E-state index contributed by atoms with van der Waals surface area (Å²) in [5, 5.41) is 34.0. The van der Waals surface area contributed by atoms with Crippen molar-refractivity contribution >= 4 is 59.1 Å². The SMILES string of the molecule is CC(C)C[C@H](NC(=O)[C@@H](Cc1ccccc1)NC(=O)[C@H](CCN)NC(=O)[C@H](Cc1ccccc1)NC(=O)[C@H](CCN)NC(=O)[C@@H](N)CC1CCCCC1)C(=O)N[C@@H](CCN)C(=O)N[C@H](CC(C)C)C(=O)N[C@@H](Cc1ccccc1)C(=O)N[C@@H](CO)C(N)=O. The number of hydrogen-bond acceptors (Lipinski definition) is 15. The summed E-state index contributed by atoms with van der Waals surface area (Å²) in [5.41, 5.74) is 31.6. The molecule has 0 spiro atoms. The minimum absolute atomic E-state index is 0.0244. The van der Waals surface area contributed by atoms with Gasteiger partial charge in [-0.1, -0.05) is 151 Å². The quantitative estimate of drug-likeness (QED) is 0.0327. The van der Waals surface area contributed by atoms with E-state index in [0.29, 0.717) is 29.0 Å². The lowest BCUT2D eigenvalue weighted by Crippen LogP contribution is -2.61. The van der Waals surface area contributed by atoms with Gasteiger partial charge in [-0.05, 0) is 92.6 Å². The average molecular weight is 1230 g/mol. The second-order valence-corrected chi connectivity index (χ2v) is 23.5. The highest BCUT2D eigenvalue weighted by Gasteiger charge is 2.36. The second kappa shape index (κ2) is 38.4. The van der Waals surface area contributed by atoms with Crippen molar-refractivity contribution in [1.82, 2.24) is 47.9 Å². The molecule has 0 aliphatic heterocycles. The Labute approximate surface area is 516 Å². The summed E-state index contributed by atoms with van der Waals surface area (Å²) >= 11 is 0. The lowest BCUT2D eigenvalue weighted by atomic mass is 9.85. The molecule has 88 heavy (non-hydrogen) atoms. The van der Waals surface area contributed by atoms with E-state index in [1.807, 2.05) is 27.7 Å². The zero-order valence-electron chi connectivity index (χ0n) is 51.3. The number of carbonyl (C=O) groups excluding carboxylic acids is 10. The highest BCUT2D eigenvalue weighted by molar-refractivity contribution is 5.99. The molecule has 4 rings (SSSR count). The molecule has 0 bridgehead atoms. The maximum Gasteiger partial charge on any atom is 0.243 e. The number of amides is 10. The molecule has 1 aliphatic carbocycles. The maximum atomic E-state index is 14.7. The van der Waals surface area contributed by atoms with E-state index in [1.54, 1.807) is 91.0 Å². The molecule has 0 heterocycles. The van der Waals surface area contributed by atoms with Crippen molar-refractivity contribution in [2.45, 2.75) is 178 Å². The lowest BCUT2D eigenvalue weighted by Gasteiger charge is -2.29. The molecule has 1 fully saturated rings. The van der Waals surface area contributed by atoms with Crippen LogP contribution in [0.3, 0.4) is 0 Å². The molecule has 0 unspecified atom stereocenters. The molecule has 10 amide bonds. The van der Waals surface area contributed by atoms with Gasteiger partial charge in [-0.15, -0.1) is 0 Å². The van der Waals surface area contributed by atoms with Gasteiger partial charge in [-0.2, -0.15) is 0 Å². The lowest BCUT2D eigenvalue weighted by molar-refractivity contribution is -0.136. The van der Waals surface area contributed by atoms with Crippen molar-refractivity contribution in [3.8, 4) is 0 Å². The van der Waals surface area contributed by atoms with Crippen molar-refractivity contribution in [2.75, 3.05) is 26.2 Å². The Morgan fingerprint density at radius 1 is 0.409 bits per heavy atom. The van der Waals surface area contributed by atoms with Crippen LogP contribution in [0.4, 0.5) is 0 Å². The third-order valence-electron chi connectivity index (χ3n) is 15.2. The fourth-order valence-electron chi connectivity index (χ4n) is 10.4. The number of nitrogens with one attached hydrogen (secondary N) is 9. The first-order valence-electron chi connectivity index (χ1n) is 30.7. The number of primary amides is 1. The number of aliphatic hydroxyl groups excluding tert-OH is 1. The van der Waals surface area contributed by atoms with E-state index in [9.17, 15) is 53.1 Å². The monoisotopic (exact) mass is 1220 g/mol. The Kier molecular flexibility index (Phi) is 31.7. The predicted octanol–water partition coefficient (Wildman–Crippen LogP) is -1.01. The van der Waals surface area contributed by atoms with Crippen LogP contribution >= 0.6 is 0 Å². The molecule has 3 aromatic rings. The number of aliphatic hydroxyl groups is 1. The van der Waals surface area contributed by atoms with Gasteiger partial charge in [0.05, 0.1) is 12.6 Å². The van der Waals surface area contributed by atoms with Crippen molar-refractivity contribution < 1.29 is 53.1 Å². The van der Waals surface area contributed by atoms with Crippen molar-refractivity contribution in [3.63, 3.8) is 0 Å². The van der Waals surface area contributed by atoms with E-state index in [1.165, 1.54) is 0 Å². The predicted molar refractivity (Wildman–Crippen MR) is 333 cm³/mol. The van der Waals surface area contributed by atoms with Gasteiger partial charge in [0.15, 0.2) is 0 Å². The first-order chi connectivity index (χ1) is 42.0. The van der Waals surface area contributed by atoms with E-state index >= 15 is 0 Å². The van der Waals surface area contributed by atoms with Crippen LogP contribution in [0, 0.1) is 17.8 Å². The molecular weight excluding hydrogens is 1130 g/mol. The van der Waals surface area contributed by atoms with Gasteiger partial charge in [0, 0.05) is 19.3 Å². The first kappa shape index (κ1) is 72.6. The van der Waals surface area contributed by atoms with Crippen molar-refractivity contribution in [3.05, 3.63) is 108 Å². The Hall–Kier alpha value is -7.84. The number of hydrogen-bond donors (Lipinski definition) is 15. The fourth-order valence-corrected chi connectivity index (χ4v) is 10.4. The summed E-state index contributed by atoms with van der Waals surface area (Å²) in [6.07, 6.45) is 5.49. The summed E-state index contributed by atoms with van der Waals surface area (Å²) in [7, 11) is 0. The van der Waals surface area contributed by atoms with E-state index in [4.69, 9.17) is 28.7 Å². The molecule has 0 radical (unpaired) electrons. The molecule has 25 nitrogen and oxygen atoms in total. The Bertz CT molecular complexity index is 2700. The Balaban J connectivity index is 1.56. The third-order valence-corrected chi connectivity index (χ3v) is 15.2. The van der Waals surface area contributed by atoms with Crippen LogP contribution in [0.15, 0.2) is 91.0 Å². The van der Waals surface area contributed by atoms with Crippen LogP contribution in [0.25, 0.3) is 0 Å². The second-order valence-electron chi connectivity index (χ2n) is 23.5. The highest BCUT2D eigenvalue weighted by atomic mass is 16.3. The Morgan fingerprint density at radius 3 is 0.977 bits per heavy atom. The van der Waals surface area contributed by atoms with Crippen LogP contribution in [-0.2, 0) is 67.2 Å². The van der Waals surface area contributed by atoms with Gasteiger partial charge in [0.1, 0.15) is 54.4 Å². The minimum atomic E-state index is -1.44. The Morgan fingerprint density at radius 2 is 0.682 bits per heavy atom. The largest absolute Gasteiger partial charge is 0.394 e. The molecule has 1 aliphatic rings. The van der Waals surface area contributed by atoms with Crippen LogP contribution in [0.2, 0.25) is 0 Å². The van der Waals surface area contributed by atoms with Gasteiger partial charge in [0.2, 0.25) is 59.1 Å². The summed E-state index contributed by atoms with van der Waals surface area (Å²) < 4.78 is 0. The number of rotatable bonds is 38. The standard InChI is InChI=1S/C63H96N14O11/c1-38(2)31-48(59(84)70-46(26-29-65)57(82)72-49(32-39(3)4)60(85)76-52(36-43-23-15-8-16-24-43)63(88)77-53(37-78)54(68)79)73-62(87)51(35-42-21-13-7-14-22-42)75-58(83)47(27-30-66)71-61(86)50(34-41-19-11-6-12-20-41)74-56(81)45(25-28-64)69-55(80)44(67)33-40-17-9-5-10-18-40/h6-8,11-16,19-24,38-40,44-53,78H,5,9-10,17-18,25-37,64-67H2,1-4H3,(H2,68,79)(H,69,80)(H,70,84)(H,71,86)(H,72,82)(H,73,87)(H,74,81)(H,75,83)(H,76,85)(H,77,88)/t44-,45-,46-,47-,48-,49+,50-,51+,52-,53-/m0/s1. The van der Waals surface area contributed by atoms with Crippen LogP contribution in [-0.4, -0.2) is 151 Å². The van der Waals surface area contributed by atoms with E-state index in [-0.39, 0.29) is 82.8 Å². The molecule has 0 aromatic heterocycles. The average Bonchev–Trinajstić information content (AvgIpc) is 3.66. The van der Waals surface area contributed by atoms with Gasteiger partial charge in [-0.25, -0.2) is 0 Å². The highest BCUT2D eigenvalue weighted by Crippen LogP contribution is 2.27. The molecule has 10 atom stereocenters. The molecular formula is C63H96N14O11. The van der Waals surface area contributed by atoms with E-state index < -0.39 is 126 Å². The van der Waals surface area contributed by atoms with E-state index in [2.05, 4.69) is 47.9 Å². The van der Waals surface area contributed by atoms with Gasteiger partial charge in [-0.3, -0.25) is 47.9 Å². The smallest absolute Gasteiger partial charge is 0.243 e. The van der Waals surface area contributed by atoms with Crippen molar-refractivity contribution in [1.29, 1.82) is 0 Å². The van der Waals surface area contributed by atoms with Crippen LogP contribution in [0.5, 0.6) is 0 Å².